The number of hydrogen-bond donors (Lipinski definition) is 1. The van der Waals surface area contributed by atoms with Gasteiger partial charge < -0.3 is 5.11 Å². The topological polar surface area (TPSA) is 20.2 Å². The van der Waals surface area contributed by atoms with Gasteiger partial charge in [0.2, 0.25) is 0 Å². The van der Waals surface area contributed by atoms with Crippen LogP contribution >= 0.6 is 0 Å². The van der Waals surface area contributed by atoms with Gasteiger partial charge in [-0.2, -0.15) is 8.78 Å². The normalized spacial score (nSPS) is 23.8. The summed E-state index contributed by atoms with van der Waals surface area (Å²) in [5.41, 5.74) is 1.89. The van der Waals surface area contributed by atoms with E-state index in [0.717, 1.165) is 17.5 Å². The Morgan fingerprint density at radius 2 is 2.00 bits per heavy atom. The van der Waals surface area contributed by atoms with E-state index in [0.29, 0.717) is 6.42 Å². The molecule has 0 saturated heterocycles. The number of rotatable bonds is 1. The Morgan fingerprint density at radius 3 is 2.69 bits per heavy atom. The van der Waals surface area contributed by atoms with Crippen molar-refractivity contribution >= 4 is 0 Å². The highest BCUT2D eigenvalue weighted by Crippen LogP contribution is 2.38. The lowest BCUT2D eigenvalue weighted by atomic mass is 9.77. The van der Waals surface area contributed by atoms with Crippen LogP contribution in [0.2, 0.25) is 0 Å². The number of hydrogen-bond acceptors (Lipinski definition) is 1. The molecule has 0 radical (unpaired) electrons. The first-order valence-corrected chi connectivity index (χ1v) is 5.39. The molecular formula is C13H14F2O. The van der Waals surface area contributed by atoms with E-state index in [1.807, 2.05) is 24.3 Å². The summed E-state index contributed by atoms with van der Waals surface area (Å²) in [5, 5.41) is 9.87. The molecule has 0 saturated carbocycles. The van der Waals surface area contributed by atoms with E-state index >= 15 is 0 Å². The van der Waals surface area contributed by atoms with Gasteiger partial charge >= 0.3 is 0 Å². The second kappa shape index (κ2) is 4.34. The summed E-state index contributed by atoms with van der Waals surface area (Å²) in [6.07, 6.45) is -1.07. The number of halogens is 2. The number of benzene rings is 1. The lowest BCUT2D eigenvalue weighted by Gasteiger charge is -2.30. The van der Waals surface area contributed by atoms with Crippen molar-refractivity contribution in [1.82, 2.24) is 0 Å². The zero-order valence-corrected chi connectivity index (χ0v) is 9.08. The van der Waals surface area contributed by atoms with Crippen LogP contribution in [-0.4, -0.2) is 11.2 Å². The summed E-state index contributed by atoms with van der Waals surface area (Å²) < 4.78 is 25.3. The molecule has 16 heavy (non-hydrogen) atoms. The van der Waals surface area contributed by atoms with E-state index in [-0.39, 0.29) is 5.57 Å². The van der Waals surface area contributed by atoms with Gasteiger partial charge in [-0.15, -0.1) is 0 Å². The molecule has 2 atom stereocenters. The summed E-state index contributed by atoms with van der Waals surface area (Å²) in [6.45, 7) is 1.39. The molecule has 0 aromatic heterocycles. The van der Waals surface area contributed by atoms with E-state index in [1.165, 1.54) is 6.92 Å². The molecule has 1 N–H and O–H groups in total. The monoisotopic (exact) mass is 224 g/mol. The summed E-state index contributed by atoms with van der Waals surface area (Å²) >= 11 is 0. The van der Waals surface area contributed by atoms with Crippen LogP contribution in [0.1, 0.15) is 30.4 Å². The van der Waals surface area contributed by atoms with Crippen LogP contribution in [-0.2, 0) is 6.42 Å². The van der Waals surface area contributed by atoms with Crippen LogP contribution in [0.4, 0.5) is 8.78 Å². The maximum Gasteiger partial charge on any atom is 0.269 e. The molecule has 1 nitrogen and oxygen atoms in total. The molecule has 1 aromatic carbocycles. The minimum atomic E-state index is -1.68. The number of aryl methyl sites for hydroxylation is 1. The van der Waals surface area contributed by atoms with Crippen molar-refractivity contribution in [3.05, 3.63) is 47.0 Å². The average Bonchev–Trinajstić information content (AvgIpc) is 2.28. The molecular weight excluding hydrogens is 210 g/mol. The molecule has 86 valence electrons. The minimum Gasteiger partial charge on any atom is -0.392 e. The van der Waals surface area contributed by atoms with E-state index < -0.39 is 18.1 Å². The maximum atomic E-state index is 12.6. The van der Waals surface area contributed by atoms with Gasteiger partial charge in [-0.3, -0.25) is 0 Å². The van der Waals surface area contributed by atoms with Crippen molar-refractivity contribution < 1.29 is 13.9 Å². The lowest BCUT2D eigenvalue weighted by molar-refractivity contribution is 0.135. The second-order valence-corrected chi connectivity index (χ2v) is 4.23. The van der Waals surface area contributed by atoms with Crippen molar-refractivity contribution in [2.45, 2.75) is 31.8 Å². The quantitative estimate of drug-likeness (QED) is 0.776. The number of aliphatic hydroxyl groups is 1. The van der Waals surface area contributed by atoms with Crippen LogP contribution in [0.15, 0.2) is 35.9 Å². The number of aliphatic hydroxyl groups excluding tert-OH is 1. The molecule has 1 aliphatic rings. The van der Waals surface area contributed by atoms with Crippen LogP contribution in [0, 0.1) is 0 Å². The Kier molecular flexibility index (Phi) is 3.06. The van der Waals surface area contributed by atoms with Gasteiger partial charge in [0, 0.05) is 11.5 Å². The highest BCUT2D eigenvalue weighted by Gasteiger charge is 2.30. The molecule has 0 bridgehead atoms. The first kappa shape index (κ1) is 11.3. The van der Waals surface area contributed by atoms with Crippen LogP contribution in [0.5, 0.6) is 0 Å². The van der Waals surface area contributed by atoms with Gasteiger partial charge in [0.25, 0.3) is 6.08 Å². The average molecular weight is 224 g/mol. The molecule has 3 heteroatoms. The third kappa shape index (κ3) is 1.87. The minimum absolute atomic E-state index is 0.0142. The molecule has 2 rings (SSSR count). The van der Waals surface area contributed by atoms with Gasteiger partial charge in [-0.1, -0.05) is 24.3 Å². The summed E-state index contributed by atoms with van der Waals surface area (Å²) in [7, 11) is 0. The fourth-order valence-corrected chi connectivity index (χ4v) is 2.38. The molecule has 0 heterocycles. The van der Waals surface area contributed by atoms with Gasteiger partial charge in [-0.05, 0) is 30.9 Å². The molecule has 0 unspecified atom stereocenters. The van der Waals surface area contributed by atoms with Crippen molar-refractivity contribution in [3.8, 4) is 0 Å². The first-order valence-electron chi connectivity index (χ1n) is 5.39. The van der Waals surface area contributed by atoms with Crippen molar-refractivity contribution in [3.63, 3.8) is 0 Å². The molecule has 0 aliphatic heterocycles. The van der Waals surface area contributed by atoms with Crippen LogP contribution in [0.3, 0.4) is 0 Å². The van der Waals surface area contributed by atoms with Gasteiger partial charge in [0.15, 0.2) is 0 Å². The predicted octanol–water partition coefficient (Wildman–Crippen LogP) is 3.25. The highest BCUT2D eigenvalue weighted by atomic mass is 19.3. The largest absolute Gasteiger partial charge is 0.392 e. The van der Waals surface area contributed by atoms with E-state index in [2.05, 4.69) is 0 Å². The maximum absolute atomic E-state index is 12.6. The third-order valence-corrected chi connectivity index (χ3v) is 3.25. The molecule has 0 fully saturated rings. The number of fused-ring (bicyclic) bond motifs is 1. The van der Waals surface area contributed by atoms with Gasteiger partial charge in [0.1, 0.15) is 0 Å². The van der Waals surface area contributed by atoms with E-state index in [9.17, 15) is 13.9 Å². The van der Waals surface area contributed by atoms with Crippen molar-refractivity contribution in [2.24, 2.45) is 0 Å². The summed E-state index contributed by atoms with van der Waals surface area (Å²) in [4.78, 5) is 0. The molecule has 0 amide bonds. The Labute approximate surface area is 93.4 Å². The smallest absolute Gasteiger partial charge is 0.269 e. The predicted molar refractivity (Wildman–Crippen MR) is 58.4 cm³/mol. The Morgan fingerprint density at radius 1 is 1.31 bits per heavy atom. The van der Waals surface area contributed by atoms with E-state index in [1.54, 1.807) is 0 Å². The Balaban J connectivity index is 2.49. The molecule has 1 aliphatic carbocycles. The third-order valence-electron chi connectivity index (χ3n) is 3.25. The lowest BCUT2D eigenvalue weighted by Crippen LogP contribution is -2.26. The Bertz CT molecular complexity index is 422. The van der Waals surface area contributed by atoms with Gasteiger partial charge in [-0.25, -0.2) is 0 Å². The summed E-state index contributed by atoms with van der Waals surface area (Å²) in [5.74, 6) is -0.546. The fraction of sp³-hybridized carbons (Fsp3) is 0.385. The first-order chi connectivity index (χ1) is 7.61. The Hall–Kier alpha value is -1.22. The zero-order chi connectivity index (χ0) is 11.7. The standard InChI is InChI=1S/C13H14F2O/c1-8(13(14)15)12-10-5-3-2-4-9(10)6-7-11(12)16/h2-5,11-12,16H,6-7H2,1H3/t11-,12-/m0/s1. The van der Waals surface area contributed by atoms with Crippen molar-refractivity contribution in [1.29, 1.82) is 0 Å². The molecule has 1 aromatic rings. The van der Waals surface area contributed by atoms with E-state index in [4.69, 9.17) is 0 Å². The van der Waals surface area contributed by atoms with Crippen LogP contribution in [0.25, 0.3) is 0 Å². The van der Waals surface area contributed by atoms with Gasteiger partial charge in [0.05, 0.1) is 6.10 Å². The SMILES string of the molecule is CC(=C(F)F)[C@H]1c2ccccc2CC[C@@H]1O. The van der Waals surface area contributed by atoms with Crippen molar-refractivity contribution in [2.75, 3.05) is 0 Å². The molecule has 0 spiro atoms. The second-order valence-electron chi connectivity index (χ2n) is 4.23. The summed E-state index contributed by atoms with van der Waals surface area (Å²) in [6, 6.07) is 7.50. The zero-order valence-electron chi connectivity index (χ0n) is 9.08. The van der Waals surface area contributed by atoms with Crippen LogP contribution < -0.4 is 0 Å². The fourth-order valence-electron chi connectivity index (χ4n) is 2.38. The highest BCUT2D eigenvalue weighted by molar-refractivity contribution is 5.39.